The van der Waals surface area contributed by atoms with Gasteiger partial charge in [0, 0.05) is 20.2 Å². The highest BCUT2D eigenvalue weighted by Crippen LogP contribution is 2.13. The van der Waals surface area contributed by atoms with E-state index in [0.29, 0.717) is 6.10 Å². The fraction of sp³-hybridized carbons (Fsp3) is 1.00. The molecule has 0 unspecified atom stereocenters. The van der Waals surface area contributed by atoms with E-state index in [1.54, 1.807) is 7.11 Å². The second-order valence-electron chi connectivity index (χ2n) is 5.72. The van der Waals surface area contributed by atoms with E-state index in [9.17, 15) is 0 Å². The molecule has 0 saturated carbocycles. The first kappa shape index (κ1) is 14.9. The Morgan fingerprint density at radius 1 is 0.824 bits per heavy atom. The zero-order chi connectivity index (χ0) is 12.7. The maximum atomic E-state index is 5.21. The zero-order valence-corrected chi connectivity index (χ0v) is 12.1. The van der Waals surface area contributed by atoms with Crippen molar-refractivity contribution in [1.82, 2.24) is 9.80 Å². The fourth-order valence-corrected chi connectivity index (χ4v) is 2.36. The molecule has 2 saturated heterocycles. The molecule has 102 valence electrons. The van der Waals surface area contributed by atoms with Crippen LogP contribution in [0.2, 0.25) is 0 Å². The lowest BCUT2D eigenvalue weighted by molar-refractivity contribution is 0.0484. The van der Waals surface area contributed by atoms with Crippen molar-refractivity contribution in [2.45, 2.75) is 38.7 Å². The Labute approximate surface area is 107 Å². The highest BCUT2D eigenvalue weighted by molar-refractivity contribution is 4.68. The fourth-order valence-electron chi connectivity index (χ4n) is 2.36. The molecule has 2 heterocycles. The van der Waals surface area contributed by atoms with Gasteiger partial charge in [0.25, 0.3) is 0 Å². The van der Waals surface area contributed by atoms with Gasteiger partial charge in [-0.15, -0.1) is 0 Å². The van der Waals surface area contributed by atoms with Crippen LogP contribution in [0.1, 0.15) is 32.6 Å². The minimum absolute atomic E-state index is 0.529. The topological polar surface area (TPSA) is 15.7 Å². The monoisotopic (exact) mass is 242 g/mol. The van der Waals surface area contributed by atoms with Gasteiger partial charge in [-0.2, -0.15) is 0 Å². The molecule has 0 aliphatic carbocycles. The number of hydrogen-bond donors (Lipinski definition) is 0. The predicted octanol–water partition coefficient (Wildman–Crippen LogP) is 2.08. The average molecular weight is 242 g/mol. The minimum Gasteiger partial charge on any atom is -0.381 e. The normalized spacial score (nSPS) is 25.4. The number of piperidine rings is 2. The van der Waals surface area contributed by atoms with Crippen molar-refractivity contribution in [3.05, 3.63) is 0 Å². The quantitative estimate of drug-likeness (QED) is 0.700. The molecule has 0 bridgehead atoms. The molecule has 3 nitrogen and oxygen atoms in total. The summed E-state index contributed by atoms with van der Waals surface area (Å²) in [6, 6.07) is 0. The van der Waals surface area contributed by atoms with E-state index < -0.39 is 0 Å². The number of likely N-dealkylation sites (tertiary alicyclic amines) is 2. The zero-order valence-electron chi connectivity index (χ0n) is 12.1. The molecular formula is C14H30N2O. The molecule has 2 rings (SSSR count). The molecule has 0 aromatic rings. The van der Waals surface area contributed by atoms with Gasteiger partial charge in [0.1, 0.15) is 0 Å². The van der Waals surface area contributed by atoms with E-state index in [0.717, 1.165) is 5.92 Å². The summed E-state index contributed by atoms with van der Waals surface area (Å²) in [5, 5.41) is 0. The van der Waals surface area contributed by atoms with Crippen LogP contribution in [0.25, 0.3) is 0 Å². The second-order valence-corrected chi connectivity index (χ2v) is 5.72. The maximum absolute atomic E-state index is 5.21. The molecule has 2 fully saturated rings. The molecule has 2 aliphatic heterocycles. The van der Waals surface area contributed by atoms with E-state index in [2.05, 4.69) is 30.8 Å². The van der Waals surface area contributed by atoms with Crippen molar-refractivity contribution in [2.24, 2.45) is 5.92 Å². The Bertz CT molecular complexity index is 173. The van der Waals surface area contributed by atoms with Crippen LogP contribution in [-0.2, 0) is 4.74 Å². The Morgan fingerprint density at radius 2 is 1.24 bits per heavy atom. The van der Waals surface area contributed by atoms with Crippen LogP contribution in [0, 0.1) is 5.92 Å². The van der Waals surface area contributed by atoms with Crippen LogP contribution in [0.15, 0.2) is 0 Å². The first-order valence-electron chi connectivity index (χ1n) is 7.01. The molecule has 0 atom stereocenters. The number of nitrogens with zero attached hydrogens (tertiary/aromatic N) is 2. The van der Waals surface area contributed by atoms with Crippen molar-refractivity contribution in [3.63, 3.8) is 0 Å². The van der Waals surface area contributed by atoms with Gasteiger partial charge in [-0.1, -0.05) is 6.92 Å². The van der Waals surface area contributed by atoms with Crippen molar-refractivity contribution >= 4 is 0 Å². The largest absolute Gasteiger partial charge is 0.381 e. The molecule has 2 aliphatic rings. The van der Waals surface area contributed by atoms with Gasteiger partial charge in [-0.3, -0.25) is 0 Å². The summed E-state index contributed by atoms with van der Waals surface area (Å²) < 4.78 is 5.21. The first-order valence-corrected chi connectivity index (χ1v) is 7.01. The lowest BCUT2D eigenvalue weighted by Gasteiger charge is -2.27. The third kappa shape index (κ3) is 6.39. The summed E-state index contributed by atoms with van der Waals surface area (Å²) in [6.45, 7) is 7.34. The van der Waals surface area contributed by atoms with Gasteiger partial charge in [0.05, 0.1) is 6.10 Å². The van der Waals surface area contributed by atoms with Gasteiger partial charge in [-0.25, -0.2) is 0 Å². The Kier molecular flexibility index (Phi) is 7.09. The van der Waals surface area contributed by atoms with Crippen molar-refractivity contribution in [3.8, 4) is 0 Å². The first-order chi connectivity index (χ1) is 8.11. The Hall–Kier alpha value is -0.120. The van der Waals surface area contributed by atoms with E-state index in [4.69, 9.17) is 4.74 Å². The molecule has 0 spiro atoms. The summed E-state index contributed by atoms with van der Waals surface area (Å²) in [4.78, 5) is 4.75. The lowest BCUT2D eigenvalue weighted by atomic mass is 10.00. The van der Waals surface area contributed by atoms with Crippen molar-refractivity contribution in [2.75, 3.05) is 47.4 Å². The SMILES string of the molecule is CC1CCN(C)CC1.COC1CCN(C)CC1. The van der Waals surface area contributed by atoms with E-state index >= 15 is 0 Å². The minimum atomic E-state index is 0.529. The van der Waals surface area contributed by atoms with E-state index in [-0.39, 0.29) is 0 Å². The molecule has 3 heteroatoms. The third-order valence-corrected chi connectivity index (χ3v) is 4.01. The van der Waals surface area contributed by atoms with E-state index in [1.807, 2.05) is 0 Å². The van der Waals surface area contributed by atoms with Crippen LogP contribution >= 0.6 is 0 Å². The summed E-state index contributed by atoms with van der Waals surface area (Å²) in [5.74, 6) is 0.978. The lowest BCUT2D eigenvalue weighted by Crippen LogP contribution is -2.33. The van der Waals surface area contributed by atoms with Crippen LogP contribution < -0.4 is 0 Å². The Balaban J connectivity index is 0.000000171. The predicted molar refractivity (Wildman–Crippen MR) is 73.4 cm³/mol. The number of ether oxygens (including phenoxy) is 1. The number of hydrogen-bond acceptors (Lipinski definition) is 3. The summed E-state index contributed by atoms with van der Waals surface area (Å²) in [5.41, 5.74) is 0. The van der Waals surface area contributed by atoms with Crippen LogP contribution in [-0.4, -0.2) is 63.3 Å². The number of methoxy groups -OCH3 is 1. The van der Waals surface area contributed by atoms with Gasteiger partial charge in [0.2, 0.25) is 0 Å². The molecule has 0 aromatic carbocycles. The Morgan fingerprint density at radius 3 is 1.59 bits per heavy atom. The highest BCUT2D eigenvalue weighted by Gasteiger charge is 2.14. The van der Waals surface area contributed by atoms with Gasteiger partial charge in [-0.05, 0) is 58.8 Å². The standard InChI is InChI=1S/C7H15NO.C7H15N/c1-8-5-3-7(9-2)4-6-8;1-7-3-5-8(2)6-4-7/h7H,3-6H2,1-2H3;7H,3-6H2,1-2H3. The van der Waals surface area contributed by atoms with Gasteiger partial charge < -0.3 is 14.5 Å². The van der Waals surface area contributed by atoms with E-state index in [1.165, 1.54) is 51.9 Å². The smallest absolute Gasteiger partial charge is 0.0595 e. The molecule has 0 N–H and O–H groups in total. The maximum Gasteiger partial charge on any atom is 0.0595 e. The molecule has 0 amide bonds. The third-order valence-electron chi connectivity index (χ3n) is 4.01. The second kappa shape index (κ2) is 8.06. The molecule has 17 heavy (non-hydrogen) atoms. The number of rotatable bonds is 1. The summed E-state index contributed by atoms with van der Waals surface area (Å²) >= 11 is 0. The van der Waals surface area contributed by atoms with Crippen molar-refractivity contribution < 1.29 is 4.74 Å². The summed E-state index contributed by atoms with van der Waals surface area (Å²) in [7, 11) is 6.16. The van der Waals surface area contributed by atoms with Crippen LogP contribution in [0.5, 0.6) is 0 Å². The summed E-state index contributed by atoms with van der Waals surface area (Å²) in [6.07, 6.45) is 5.73. The van der Waals surface area contributed by atoms with Crippen molar-refractivity contribution in [1.29, 1.82) is 0 Å². The average Bonchev–Trinajstić information content (AvgIpc) is 2.35. The highest BCUT2D eigenvalue weighted by atomic mass is 16.5. The molecule has 0 aromatic heterocycles. The van der Waals surface area contributed by atoms with Crippen LogP contribution in [0.3, 0.4) is 0 Å². The van der Waals surface area contributed by atoms with Crippen LogP contribution in [0.4, 0.5) is 0 Å². The van der Waals surface area contributed by atoms with Gasteiger partial charge in [0.15, 0.2) is 0 Å². The molecule has 0 radical (unpaired) electrons. The van der Waals surface area contributed by atoms with Gasteiger partial charge >= 0.3 is 0 Å². The molecular weight excluding hydrogens is 212 g/mol.